The van der Waals surface area contributed by atoms with Gasteiger partial charge in [-0.25, -0.2) is 0 Å². The smallest absolute Gasteiger partial charge is 0.243 e. The van der Waals surface area contributed by atoms with Crippen LogP contribution in [-0.4, -0.2) is 56.5 Å². The van der Waals surface area contributed by atoms with E-state index >= 15 is 0 Å². The van der Waals surface area contributed by atoms with Gasteiger partial charge >= 0.3 is 0 Å². The number of carbonyl (C=O) groups excluding carboxylic acids is 2. The average Bonchev–Trinajstić information content (AvgIpc) is 3.13. The summed E-state index contributed by atoms with van der Waals surface area (Å²) in [6.45, 7) is 9.20. The van der Waals surface area contributed by atoms with Crippen LogP contribution in [0.5, 0.6) is 5.75 Å². The van der Waals surface area contributed by atoms with Gasteiger partial charge in [0.05, 0.1) is 13.2 Å². The predicted molar refractivity (Wildman–Crippen MR) is 117 cm³/mol. The third-order valence-corrected chi connectivity index (χ3v) is 6.21. The van der Waals surface area contributed by atoms with Crippen molar-refractivity contribution in [3.63, 3.8) is 0 Å². The Kier molecular flexibility index (Phi) is 7.42. The van der Waals surface area contributed by atoms with Gasteiger partial charge < -0.3 is 25.7 Å². The van der Waals surface area contributed by atoms with Gasteiger partial charge in [-0.3, -0.25) is 15.0 Å². The van der Waals surface area contributed by atoms with Gasteiger partial charge in [0.1, 0.15) is 25.9 Å². The van der Waals surface area contributed by atoms with Crippen molar-refractivity contribution in [1.29, 1.82) is 5.41 Å². The second-order valence-corrected chi connectivity index (χ2v) is 13.3. The number of nitrogens with two attached hydrogens (primary N) is 1. The standard InChI is InChI=1S/C20H33N5O3Si/c1-13(24-29(3,4)5)20(27)25-10-6-7-16(25)19(26)23-12-15-9-8-14(18(21)22)11-17(15)28-2/h8-9,11,13,16,24H,6-7,10,12H2,1-5H3,(H3,21,22)(H,23,26)/t13-,16-/m0/s1. The molecule has 1 aromatic carbocycles. The predicted octanol–water partition coefficient (Wildman–Crippen LogP) is 1.40. The number of nitrogens with zero attached hydrogens (tertiary/aromatic N) is 1. The van der Waals surface area contributed by atoms with Crippen molar-refractivity contribution in [3.8, 4) is 5.75 Å². The maximum atomic E-state index is 12.9. The van der Waals surface area contributed by atoms with Gasteiger partial charge in [0.2, 0.25) is 11.8 Å². The first-order valence-corrected chi connectivity index (χ1v) is 13.4. The number of methoxy groups -OCH3 is 1. The molecule has 8 nitrogen and oxygen atoms in total. The second kappa shape index (κ2) is 9.40. The van der Waals surface area contributed by atoms with Crippen molar-refractivity contribution >= 4 is 25.9 Å². The fourth-order valence-corrected chi connectivity index (χ4v) is 5.04. The molecule has 2 atom stereocenters. The Bertz CT molecular complexity index is 778. The van der Waals surface area contributed by atoms with E-state index < -0.39 is 14.3 Å². The van der Waals surface area contributed by atoms with Crippen LogP contribution in [0.15, 0.2) is 18.2 Å². The first kappa shape index (κ1) is 22.9. The number of carbonyl (C=O) groups is 2. The summed E-state index contributed by atoms with van der Waals surface area (Å²) in [5.74, 6) is 0.340. The molecule has 0 bridgehead atoms. The highest BCUT2D eigenvalue weighted by molar-refractivity contribution is 6.73. The molecule has 1 heterocycles. The highest BCUT2D eigenvalue weighted by atomic mass is 28.3. The Labute approximate surface area is 173 Å². The number of nitrogens with one attached hydrogen (secondary N) is 3. The van der Waals surface area contributed by atoms with Gasteiger partial charge in [-0.15, -0.1) is 0 Å². The van der Waals surface area contributed by atoms with Crippen molar-refractivity contribution in [3.05, 3.63) is 29.3 Å². The van der Waals surface area contributed by atoms with E-state index in [1.54, 1.807) is 23.1 Å². The molecule has 160 valence electrons. The molecule has 0 saturated carbocycles. The van der Waals surface area contributed by atoms with Crippen LogP contribution in [-0.2, 0) is 16.1 Å². The Morgan fingerprint density at radius 1 is 1.38 bits per heavy atom. The molecular formula is C20H33N5O3Si. The molecule has 1 aliphatic rings. The summed E-state index contributed by atoms with van der Waals surface area (Å²) < 4.78 is 5.36. The van der Waals surface area contributed by atoms with Crippen molar-refractivity contribution in [2.75, 3.05) is 13.7 Å². The van der Waals surface area contributed by atoms with Crippen LogP contribution in [0.2, 0.25) is 19.6 Å². The summed E-state index contributed by atoms with van der Waals surface area (Å²) >= 11 is 0. The fourth-order valence-electron chi connectivity index (χ4n) is 3.62. The molecule has 5 N–H and O–H groups in total. The summed E-state index contributed by atoms with van der Waals surface area (Å²) in [4.78, 5) is 30.8. The third-order valence-electron chi connectivity index (χ3n) is 4.91. The molecular weight excluding hydrogens is 386 g/mol. The van der Waals surface area contributed by atoms with Gasteiger partial charge in [0.15, 0.2) is 0 Å². The van der Waals surface area contributed by atoms with E-state index in [0.29, 0.717) is 24.3 Å². The molecule has 1 fully saturated rings. The summed E-state index contributed by atoms with van der Waals surface area (Å²) in [5, 5.41) is 10.5. The summed E-state index contributed by atoms with van der Waals surface area (Å²) in [5.41, 5.74) is 6.87. The van der Waals surface area contributed by atoms with Crippen LogP contribution in [0.3, 0.4) is 0 Å². The molecule has 0 spiro atoms. The topological polar surface area (TPSA) is 121 Å². The largest absolute Gasteiger partial charge is 0.496 e. The average molecular weight is 420 g/mol. The molecule has 1 saturated heterocycles. The van der Waals surface area contributed by atoms with E-state index in [1.807, 2.05) is 6.92 Å². The fraction of sp³-hybridized carbons (Fsp3) is 0.550. The maximum Gasteiger partial charge on any atom is 0.243 e. The number of ether oxygens (including phenoxy) is 1. The lowest BCUT2D eigenvalue weighted by Gasteiger charge is -2.30. The second-order valence-electron chi connectivity index (χ2n) is 8.46. The van der Waals surface area contributed by atoms with Crippen LogP contribution in [0.4, 0.5) is 0 Å². The molecule has 0 unspecified atom stereocenters. The van der Waals surface area contributed by atoms with Crippen LogP contribution in [0.25, 0.3) is 0 Å². The van der Waals surface area contributed by atoms with Gasteiger partial charge in [0.25, 0.3) is 0 Å². The maximum absolute atomic E-state index is 12.9. The number of rotatable bonds is 8. The molecule has 2 amide bonds. The minimum absolute atomic E-state index is 0.0199. The van der Waals surface area contributed by atoms with Gasteiger partial charge in [-0.2, -0.15) is 0 Å². The van der Waals surface area contributed by atoms with E-state index in [9.17, 15) is 9.59 Å². The van der Waals surface area contributed by atoms with Gasteiger partial charge in [-0.05, 0) is 25.8 Å². The Hall–Kier alpha value is -2.39. The summed E-state index contributed by atoms with van der Waals surface area (Å²) in [6.07, 6.45) is 1.48. The minimum Gasteiger partial charge on any atom is -0.496 e. The normalized spacial score (nSPS) is 17.7. The van der Waals surface area contributed by atoms with E-state index in [1.165, 1.54) is 7.11 Å². The van der Waals surface area contributed by atoms with E-state index in [2.05, 4.69) is 29.9 Å². The Morgan fingerprint density at radius 2 is 2.07 bits per heavy atom. The third kappa shape index (κ3) is 6.04. The molecule has 29 heavy (non-hydrogen) atoms. The van der Waals surface area contributed by atoms with Crippen LogP contribution < -0.4 is 20.8 Å². The highest BCUT2D eigenvalue weighted by Crippen LogP contribution is 2.22. The number of likely N-dealkylation sites (tertiary alicyclic amines) is 1. The van der Waals surface area contributed by atoms with Crippen LogP contribution in [0, 0.1) is 5.41 Å². The number of amidine groups is 1. The Balaban J connectivity index is 2.03. The quantitative estimate of drug-likeness (QED) is 0.288. The molecule has 1 aromatic rings. The summed E-state index contributed by atoms with van der Waals surface area (Å²) in [7, 11) is -0.0653. The zero-order valence-corrected chi connectivity index (χ0v) is 19.0. The number of nitrogen functional groups attached to an aromatic ring is 1. The first-order valence-electron chi connectivity index (χ1n) is 9.90. The van der Waals surface area contributed by atoms with Gasteiger partial charge in [0, 0.05) is 24.2 Å². The van der Waals surface area contributed by atoms with Crippen molar-refractivity contribution < 1.29 is 14.3 Å². The lowest BCUT2D eigenvalue weighted by molar-refractivity contribution is -0.139. The number of hydrogen-bond donors (Lipinski definition) is 4. The monoisotopic (exact) mass is 419 g/mol. The Morgan fingerprint density at radius 3 is 2.66 bits per heavy atom. The molecule has 2 rings (SSSR count). The van der Waals surface area contributed by atoms with E-state index in [-0.39, 0.29) is 30.2 Å². The molecule has 0 aromatic heterocycles. The lowest BCUT2D eigenvalue weighted by Crippen LogP contribution is -2.56. The summed E-state index contributed by atoms with van der Waals surface area (Å²) in [6, 6.07) is 4.44. The molecule has 0 aliphatic carbocycles. The van der Waals surface area contributed by atoms with Crippen LogP contribution >= 0.6 is 0 Å². The lowest BCUT2D eigenvalue weighted by atomic mass is 10.1. The van der Waals surface area contributed by atoms with E-state index in [4.69, 9.17) is 15.9 Å². The first-order chi connectivity index (χ1) is 13.5. The van der Waals surface area contributed by atoms with Crippen LogP contribution in [0.1, 0.15) is 30.9 Å². The molecule has 1 aliphatic heterocycles. The number of hydrogen-bond acceptors (Lipinski definition) is 5. The highest BCUT2D eigenvalue weighted by Gasteiger charge is 2.36. The SMILES string of the molecule is COc1cc(C(=N)N)ccc1CNC(=O)[C@@H]1CCCN1C(=O)[C@H](C)N[Si](C)(C)C. The van der Waals surface area contributed by atoms with Crippen molar-refractivity contribution in [2.24, 2.45) is 5.73 Å². The zero-order chi connectivity index (χ0) is 21.8. The zero-order valence-electron chi connectivity index (χ0n) is 18.0. The van der Waals surface area contributed by atoms with Gasteiger partial charge in [-0.1, -0.05) is 31.8 Å². The molecule has 0 radical (unpaired) electrons. The molecule has 9 heteroatoms. The van der Waals surface area contributed by atoms with Crippen molar-refractivity contribution in [1.82, 2.24) is 15.2 Å². The van der Waals surface area contributed by atoms with Crippen molar-refractivity contribution in [2.45, 2.75) is 58.0 Å². The minimum atomic E-state index is -1.60. The number of amides is 2. The number of benzene rings is 1. The van der Waals surface area contributed by atoms with E-state index in [0.717, 1.165) is 12.0 Å².